The molecule has 0 aliphatic heterocycles. The monoisotopic (exact) mass is 354 g/mol. The number of hydrogen-bond acceptors (Lipinski definition) is 7. The number of benzene rings is 1. The molecule has 2 N–H and O–H groups in total. The van der Waals surface area contributed by atoms with E-state index >= 15 is 0 Å². The van der Waals surface area contributed by atoms with Crippen molar-refractivity contribution in [3.05, 3.63) is 36.9 Å². The van der Waals surface area contributed by atoms with Crippen LogP contribution in [0.4, 0.5) is 10.8 Å². The van der Waals surface area contributed by atoms with Crippen molar-refractivity contribution in [1.29, 1.82) is 0 Å². The number of rotatable bonds is 7. The largest absolute Gasteiger partial charge is 0.490 e. The Labute approximate surface area is 137 Å². The number of aromatic nitrogens is 2. The molecule has 23 heavy (non-hydrogen) atoms. The SMILES string of the molecule is C=CCOc1ccc(NS(=O)(=O)c2nnc(NC(C)=O)s2)cc1. The molecule has 10 heteroatoms. The fraction of sp³-hybridized carbons (Fsp3) is 0.154. The Hall–Kier alpha value is -2.46. The molecule has 0 atom stereocenters. The van der Waals surface area contributed by atoms with Gasteiger partial charge in [-0.1, -0.05) is 24.0 Å². The van der Waals surface area contributed by atoms with E-state index in [0.29, 0.717) is 18.0 Å². The molecule has 1 amide bonds. The average molecular weight is 354 g/mol. The van der Waals surface area contributed by atoms with Crippen molar-refractivity contribution in [2.45, 2.75) is 11.3 Å². The van der Waals surface area contributed by atoms with E-state index in [9.17, 15) is 13.2 Å². The summed E-state index contributed by atoms with van der Waals surface area (Å²) < 4.78 is 31.8. The molecule has 2 rings (SSSR count). The number of amides is 1. The Morgan fingerprint density at radius 2 is 2.04 bits per heavy atom. The Balaban J connectivity index is 2.09. The highest BCUT2D eigenvalue weighted by molar-refractivity contribution is 7.94. The maximum absolute atomic E-state index is 12.2. The van der Waals surface area contributed by atoms with E-state index in [2.05, 4.69) is 26.8 Å². The minimum atomic E-state index is -3.87. The van der Waals surface area contributed by atoms with Crippen molar-refractivity contribution in [2.24, 2.45) is 0 Å². The van der Waals surface area contributed by atoms with Gasteiger partial charge in [0.25, 0.3) is 14.4 Å². The number of carbonyl (C=O) groups is 1. The van der Waals surface area contributed by atoms with Gasteiger partial charge in [0, 0.05) is 12.6 Å². The van der Waals surface area contributed by atoms with Gasteiger partial charge in [-0.3, -0.25) is 9.52 Å². The summed E-state index contributed by atoms with van der Waals surface area (Å²) in [7, 11) is -3.87. The van der Waals surface area contributed by atoms with E-state index in [1.807, 2.05) is 0 Å². The fourth-order valence-electron chi connectivity index (χ4n) is 1.49. The minimum Gasteiger partial charge on any atom is -0.490 e. The summed E-state index contributed by atoms with van der Waals surface area (Å²) in [6.45, 7) is 5.20. The van der Waals surface area contributed by atoms with E-state index in [4.69, 9.17) is 4.74 Å². The Morgan fingerprint density at radius 3 is 2.65 bits per heavy atom. The summed E-state index contributed by atoms with van der Waals surface area (Å²) in [6, 6.07) is 6.38. The van der Waals surface area contributed by atoms with Crippen LogP contribution < -0.4 is 14.8 Å². The molecule has 0 radical (unpaired) electrons. The first-order valence-electron chi connectivity index (χ1n) is 6.38. The van der Waals surface area contributed by atoms with E-state index in [1.165, 1.54) is 6.92 Å². The molecule has 1 heterocycles. The van der Waals surface area contributed by atoms with Gasteiger partial charge in [0.15, 0.2) is 0 Å². The Kier molecular flexibility index (Phi) is 5.29. The molecule has 0 unspecified atom stereocenters. The van der Waals surface area contributed by atoms with Gasteiger partial charge >= 0.3 is 0 Å². The number of nitrogens with one attached hydrogen (secondary N) is 2. The second kappa shape index (κ2) is 7.20. The quantitative estimate of drug-likeness (QED) is 0.580. The fourth-order valence-corrected chi connectivity index (χ4v) is 3.50. The summed E-state index contributed by atoms with van der Waals surface area (Å²) in [5, 5.41) is 9.66. The number of sulfonamides is 1. The summed E-state index contributed by atoms with van der Waals surface area (Å²) in [6.07, 6.45) is 1.61. The van der Waals surface area contributed by atoms with Crippen LogP contribution in [0, 0.1) is 0 Å². The lowest BCUT2D eigenvalue weighted by Crippen LogP contribution is -2.12. The molecule has 0 saturated carbocycles. The maximum Gasteiger partial charge on any atom is 0.291 e. The van der Waals surface area contributed by atoms with E-state index < -0.39 is 10.0 Å². The smallest absolute Gasteiger partial charge is 0.291 e. The van der Waals surface area contributed by atoms with E-state index in [-0.39, 0.29) is 15.4 Å². The molecule has 0 aliphatic carbocycles. The lowest BCUT2D eigenvalue weighted by Gasteiger charge is -2.07. The van der Waals surface area contributed by atoms with Crippen LogP contribution in [0.3, 0.4) is 0 Å². The zero-order valence-electron chi connectivity index (χ0n) is 12.1. The maximum atomic E-state index is 12.2. The zero-order chi connectivity index (χ0) is 16.9. The number of anilines is 2. The minimum absolute atomic E-state index is 0.117. The summed E-state index contributed by atoms with van der Waals surface area (Å²) in [5.74, 6) is 0.241. The molecule has 0 aliphatic rings. The van der Waals surface area contributed by atoms with Crippen LogP contribution in [0.5, 0.6) is 5.75 Å². The third-order valence-electron chi connectivity index (χ3n) is 2.39. The molecule has 0 spiro atoms. The van der Waals surface area contributed by atoms with Crippen molar-refractivity contribution in [3.8, 4) is 5.75 Å². The lowest BCUT2D eigenvalue weighted by molar-refractivity contribution is -0.114. The molecular weight excluding hydrogens is 340 g/mol. The number of ether oxygens (including phenoxy) is 1. The normalized spacial score (nSPS) is 10.8. The van der Waals surface area contributed by atoms with Gasteiger partial charge in [-0.05, 0) is 24.3 Å². The van der Waals surface area contributed by atoms with Crippen LogP contribution in [0.15, 0.2) is 41.3 Å². The first kappa shape index (κ1) is 16.9. The van der Waals surface area contributed by atoms with Crippen molar-refractivity contribution in [3.63, 3.8) is 0 Å². The highest BCUT2D eigenvalue weighted by Crippen LogP contribution is 2.23. The predicted molar refractivity (Wildman–Crippen MR) is 87.2 cm³/mol. The molecule has 122 valence electrons. The summed E-state index contributed by atoms with van der Waals surface area (Å²) in [4.78, 5) is 10.9. The van der Waals surface area contributed by atoms with Crippen LogP contribution in [0.25, 0.3) is 0 Å². The first-order valence-corrected chi connectivity index (χ1v) is 8.68. The van der Waals surface area contributed by atoms with Crippen molar-refractivity contribution < 1.29 is 17.9 Å². The standard InChI is InChI=1S/C13H14N4O4S2/c1-3-8-21-11-6-4-10(5-7-11)17-23(19,20)13-16-15-12(22-13)14-9(2)18/h3-7,17H,1,8H2,2H3,(H,14,15,18). The molecule has 1 aromatic heterocycles. The van der Waals surface area contributed by atoms with Gasteiger partial charge in [-0.25, -0.2) is 0 Å². The molecule has 0 bridgehead atoms. The predicted octanol–water partition coefficient (Wildman–Crippen LogP) is 1.86. The Morgan fingerprint density at radius 1 is 1.35 bits per heavy atom. The molecule has 1 aromatic carbocycles. The molecular formula is C13H14N4O4S2. The first-order chi connectivity index (χ1) is 10.9. The van der Waals surface area contributed by atoms with Crippen LogP contribution in [-0.4, -0.2) is 31.1 Å². The van der Waals surface area contributed by atoms with Crippen molar-refractivity contribution in [2.75, 3.05) is 16.6 Å². The van der Waals surface area contributed by atoms with Gasteiger partial charge < -0.3 is 10.1 Å². The van der Waals surface area contributed by atoms with Gasteiger partial charge in [0.2, 0.25) is 11.0 Å². The topological polar surface area (TPSA) is 110 Å². The van der Waals surface area contributed by atoms with Crippen LogP contribution in [0.1, 0.15) is 6.92 Å². The third kappa shape index (κ3) is 4.76. The van der Waals surface area contributed by atoms with Crippen molar-refractivity contribution >= 4 is 38.1 Å². The van der Waals surface area contributed by atoms with Gasteiger partial charge in [-0.2, -0.15) is 8.42 Å². The summed E-state index contributed by atoms with van der Waals surface area (Å²) >= 11 is 0.761. The van der Waals surface area contributed by atoms with Crippen LogP contribution >= 0.6 is 11.3 Å². The Bertz CT molecular complexity index is 800. The molecule has 2 aromatic rings. The second-order valence-electron chi connectivity index (χ2n) is 4.28. The van der Waals surface area contributed by atoms with Gasteiger partial charge in [0.1, 0.15) is 12.4 Å². The molecule has 0 saturated heterocycles. The number of hydrogen-bond donors (Lipinski definition) is 2. The van der Waals surface area contributed by atoms with E-state index in [0.717, 1.165) is 11.3 Å². The highest BCUT2D eigenvalue weighted by Gasteiger charge is 2.20. The zero-order valence-corrected chi connectivity index (χ0v) is 13.8. The van der Waals surface area contributed by atoms with Crippen LogP contribution in [0.2, 0.25) is 0 Å². The number of carbonyl (C=O) groups excluding carboxylic acids is 1. The lowest BCUT2D eigenvalue weighted by atomic mass is 10.3. The number of nitrogens with zero attached hydrogens (tertiary/aromatic N) is 2. The van der Waals surface area contributed by atoms with Crippen LogP contribution in [-0.2, 0) is 14.8 Å². The van der Waals surface area contributed by atoms with E-state index in [1.54, 1.807) is 30.3 Å². The van der Waals surface area contributed by atoms with Gasteiger partial charge in [-0.15, -0.1) is 10.2 Å². The third-order valence-corrected chi connectivity index (χ3v) is 4.98. The summed E-state index contributed by atoms with van der Waals surface area (Å²) in [5.41, 5.74) is 0.354. The highest BCUT2D eigenvalue weighted by atomic mass is 32.2. The van der Waals surface area contributed by atoms with Gasteiger partial charge in [0.05, 0.1) is 0 Å². The van der Waals surface area contributed by atoms with Crippen molar-refractivity contribution in [1.82, 2.24) is 10.2 Å². The average Bonchev–Trinajstić information content (AvgIpc) is 2.95. The second-order valence-corrected chi connectivity index (χ2v) is 7.12. The molecule has 0 fully saturated rings. The molecule has 8 nitrogen and oxygen atoms in total.